The van der Waals surface area contributed by atoms with Gasteiger partial charge in [0.2, 0.25) is 5.82 Å². The molecule has 1 aliphatic heterocycles. The summed E-state index contributed by atoms with van der Waals surface area (Å²) in [6.07, 6.45) is 2.18. The molecule has 3 rings (SSSR count). The second-order valence-corrected chi connectivity index (χ2v) is 7.85. The summed E-state index contributed by atoms with van der Waals surface area (Å²) in [6, 6.07) is 0. The molecule has 0 spiro atoms. The Morgan fingerprint density at radius 3 is 3.05 bits per heavy atom. The van der Waals surface area contributed by atoms with Gasteiger partial charge in [0.15, 0.2) is 9.84 Å². The number of anilines is 1. The summed E-state index contributed by atoms with van der Waals surface area (Å²) in [7, 11) is -2.94. The molecular formula is C10H12N4O4S2. The van der Waals surface area contributed by atoms with Crippen molar-refractivity contribution in [2.24, 2.45) is 5.92 Å². The highest BCUT2D eigenvalue weighted by atomic mass is 32.2. The van der Waals surface area contributed by atoms with E-state index in [0.717, 1.165) is 0 Å². The Balaban J connectivity index is 1.79. The third kappa shape index (κ3) is 2.36. The van der Waals surface area contributed by atoms with Crippen LogP contribution in [0.1, 0.15) is 6.42 Å². The summed E-state index contributed by atoms with van der Waals surface area (Å²) in [5.41, 5.74) is 0. The molecule has 1 unspecified atom stereocenters. The smallest absolute Gasteiger partial charge is 0.363 e. The Bertz CT molecular complexity index is 763. The predicted molar refractivity (Wildman–Crippen MR) is 75.0 cm³/mol. The minimum atomic E-state index is -2.94. The van der Waals surface area contributed by atoms with E-state index in [-0.39, 0.29) is 29.1 Å². The van der Waals surface area contributed by atoms with Gasteiger partial charge in [0.1, 0.15) is 6.20 Å². The Hall–Kier alpha value is -1.68. The van der Waals surface area contributed by atoms with E-state index in [1.165, 1.54) is 15.7 Å². The number of rotatable bonds is 4. The van der Waals surface area contributed by atoms with Gasteiger partial charge in [-0.1, -0.05) is 11.3 Å². The molecule has 0 radical (unpaired) electrons. The van der Waals surface area contributed by atoms with E-state index < -0.39 is 14.8 Å². The van der Waals surface area contributed by atoms with Crippen molar-refractivity contribution in [1.29, 1.82) is 0 Å². The predicted octanol–water partition coefficient (Wildman–Crippen LogP) is 1.15. The van der Waals surface area contributed by atoms with Gasteiger partial charge in [0.25, 0.3) is 4.96 Å². The highest BCUT2D eigenvalue weighted by molar-refractivity contribution is 7.91. The van der Waals surface area contributed by atoms with Crippen LogP contribution in [0.2, 0.25) is 0 Å². The highest BCUT2D eigenvalue weighted by Crippen LogP contribution is 2.28. The van der Waals surface area contributed by atoms with Crippen LogP contribution in [0.15, 0.2) is 11.6 Å². The Morgan fingerprint density at radius 1 is 1.60 bits per heavy atom. The number of hydrogen-bond acceptors (Lipinski definition) is 7. The van der Waals surface area contributed by atoms with Gasteiger partial charge < -0.3 is 15.4 Å². The molecular weight excluding hydrogens is 304 g/mol. The standard InChI is InChI=1S/C10H12N4O4S2/c15-14(16)9-8(12-10-13(9)2-3-19-10)11-5-7-1-4-20(17,18)6-7/h2-3,7,11H,1,4-6H2. The topological polar surface area (TPSA) is 107 Å². The van der Waals surface area contributed by atoms with Crippen LogP contribution in [-0.2, 0) is 9.84 Å². The maximum atomic E-state index is 11.4. The molecule has 1 saturated heterocycles. The molecule has 1 fully saturated rings. The van der Waals surface area contributed by atoms with E-state index in [9.17, 15) is 18.5 Å². The summed E-state index contributed by atoms with van der Waals surface area (Å²) < 4.78 is 24.2. The van der Waals surface area contributed by atoms with Crippen LogP contribution in [0.3, 0.4) is 0 Å². The fourth-order valence-corrected chi connectivity index (χ4v) is 4.91. The summed E-state index contributed by atoms with van der Waals surface area (Å²) in [4.78, 5) is 15.3. The molecule has 3 heterocycles. The number of fused-ring (bicyclic) bond motifs is 1. The number of imidazole rings is 1. The molecule has 0 bridgehead atoms. The van der Waals surface area contributed by atoms with Crippen molar-refractivity contribution in [2.75, 3.05) is 23.4 Å². The minimum Gasteiger partial charge on any atom is -0.363 e. The lowest BCUT2D eigenvalue weighted by atomic mass is 10.1. The lowest BCUT2D eigenvalue weighted by molar-refractivity contribution is -0.389. The number of hydrogen-bond donors (Lipinski definition) is 1. The third-order valence-corrected chi connectivity index (χ3v) is 5.89. The molecule has 1 N–H and O–H groups in total. The summed E-state index contributed by atoms with van der Waals surface area (Å²) in [5.74, 6) is 0.406. The van der Waals surface area contributed by atoms with Gasteiger partial charge in [0, 0.05) is 11.9 Å². The van der Waals surface area contributed by atoms with Crippen molar-refractivity contribution in [3.8, 4) is 0 Å². The van der Waals surface area contributed by atoms with Crippen molar-refractivity contribution in [3.63, 3.8) is 0 Å². The summed E-state index contributed by atoms with van der Waals surface area (Å²) in [5, 5.41) is 15.8. The second-order valence-electron chi connectivity index (χ2n) is 4.75. The van der Waals surface area contributed by atoms with Crippen LogP contribution in [0.4, 0.5) is 11.6 Å². The van der Waals surface area contributed by atoms with E-state index in [0.29, 0.717) is 17.9 Å². The first-order valence-electron chi connectivity index (χ1n) is 6.00. The highest BCUT2D eigenvalue weighted by Gasteiger charge is 2.29. The molecule has 1 atom stereocenters. The molecule has 8 nitrogen and oxygen atoms in total. The molecule has 0 aliphatic carbocycles. The molecule has 108 valence electrons. The molecule has 0 aromatic carbocycles. The van der Waals surface area contributed by atoms with E-state index >= 15 is 0 Å². The molecule has 20 heavy (non-hydrogen) atoms. The third-order valence-electron chi connectivity index (χ3n) is 3.29. The van der Waals surface area contributed by atoms with Crippen LogP contribution in [0.5, 0.6) is 0 Å². The maximum Gasteiger partial charge on any atom is 0.372 e. The van der Waals surface area contributed by atoms with Crippen LogP contribution in [-0.4, -0.2) is 40.8 Å². The zero-order valence-corrected chi connectivity index (χ0v) is 12.0. The Labute approximate surface area is 118 Å². The van der Waals surface area contributed by atoms with Crippen molar-refractivity contribution >= 4 is 37.8 Å². The molecule has 1 aliphatic rings. The average Bonchev–Trinajstić information content (AvgIpc) is 2.99. The first-order valence-corrected chi connectivity index (χ1v) is 8.70. The number of nitrogens with zero attached hydrogens (tertiary/aromatic N) is 3. The van der Waals surface area contributed by atoms with Crippen molar-refractivity contribution in [3.05, 3.63) is 21.7 Å². The van der Waals surface area contributed by atoms with Crippen LogP contribution in [0, 0.1) is 16.0 Å². The van der Waals surface area contributed by atoms with Crippen LogP contribution >= 0.6 is 11.3 Å². The summed E-state index contributed by atoms with van der Waals surface area (Å²) >= 11 is 1.31. The van der Waals surface area contributed by atoms with Crippen LogP contribution < -0.4 is 5.32 Å². The Kier molecular flexibility index (Phi) is 3.13. The van der Waals surface area contributed by atoms with E-state index in [4.69, 9.17) is 0 Å². The van der Waals surface area contributed by atoms with E-state index in [2.05, 4.69) is 10.3 Å². The zero-order chi connectivity index (χ0) is 14.3. The zero-order valence-electron chi connectivity index (χ0n) is 10.4. The van der Waals surface area contributed by atoms with Crippen molar-refractivity contribution in [2.45, 2.75) is 6.42 Å². The molecule has 0 saturated carbocycles. The number of aromatic nitrogens is 2. The van der Waals surface area contributed by atoms with Gasteiger partial charge in [-0.05, 0) is 17.3 Å². The van der Waals surface area contributed by atoms with E-state index in [1.54, 1.807) is 11.6 Å². The monoisotopic (exact) mass is 316 g/mol. The fraction of sp³-hybridized carbons (Fsp3) is 0.500. The minimum absolute atomic E-state index is 0.0145. The number of nitrogens with one attached hydrogen (secondary N) is 1. The lowest BCUT2D eigenvalue weighted by Crippen LogP contribution is -2.16. The number of nitro groups is 1. The molecule has 0 amide bonds. The second kappa shape index (κ2) is 4.70. The van der Waals surface area contributed by atoms with Gasteiger partial charge in [-0.2, -0.15) is 9.38 Å². The average molecular weight is 316 g/mol. The first-order chi connectivity index (χ1) is 9.46. The molecule has 10 heteroatoms. The number of thiazole rings is 1. The quantitative estimate of drug-likeness (QED) is 0.670. The van der Waals surface area contributed by atoms with E-state index in [1.807, 2.05) is 0 Å². The lowest BCUT2D eigenvalue weighted by Gasteiger charge is -2.08. The SMILES string of the molecule is O=[N+]([O-])c1c(NCC2CCS(=O)(=O)C2)nc2sccn12. The van der Waals surface area contributed by atoms with Crippen molar-refractivity contribution in [1.82, 2.24) is 9.38 Å². The van der Waals surface area contributed by atoms with Gasteiger partial charge in [0.05, 0.1) is 11.5 Å². The van der Waals surface area contributed by atoms with Gasteiger partial charge in [-0.25, -0.2) is 8.42 Å². The fourth-order valence-electron chi connectivity index (χ4n) is 2.34. The maximum absolute atomic E-state index is 11.4. The largest absolute Gasteiger partial charge is 0.372 e. The van der Waals surface area contributed by atoms with Gasteiger partial charge in [-0.15, -0.1) is 0 Å². The molecule has 2 aromatic rings. The Morgan fingerprint density at radius 2 is 2.40 bits per heavy atom. The van der Waals surface area contributed by atoms with Gasteiger partial charge >= 0.3 is 5.82 Å². The van der Waals surface area contributed by atoms with Crippen molar-refractivity contribution < 1.29 is 13.3 Å². The first kappa shape index (κ1) is 13.3. The van der Waals surface area contributed by atoms with Crippen LogP contribution in [0.25, 0.3) is 4.96 Å². The summed E-state index contributed by atoms with van der Waals surface area (Å²) in [6.45, 7) is 0.380. The molecule has 2 aromatic heterocycles. The normalized spacial score (nSPS) is 21.3. The number of sulfone groups is 1. The van der Waals surface area contributed by atoms with Gasteiger partial charge in [-0.3, -0.25) is 0 Å².